The van der Waals surface area contributed by atoms with Gasteiger partial charge < -0.3 is 10.0 Å². The molecule has 1 aliphatic carbocycles. The normalized spacial score (nSPS) is 15.0. The molecular weight excluding hydrogens is 283 g/mol. The highest BCUT2D eigenvalue weighted by molar-refractivity contribution is 5.94. The van der Waals surface area contributed by atoms with Gasteiger partial charge in [0, 0.05) is 24.6 Å². The van der Waals surface area contributed by atoms with Gasteiger partial charge in [0.1, 0.15) is 0 Å². The number of aliphatic hydroxyl groups is 1. The van der Waals surface area contributed by atoms with Crippen molar-refractivity contribution in [2.75, 3.05) is 13.2 Å². The molecule has 116 valence electrons. The molecule has 1 aliphatic rings. The largest absolute Gasteiger partial charge is 0.395 e. The molecule has 1 aromatic rings. The van der Waals surface area contributed by atoms with Gasteiger partial charge in [-0.1, -0.05) is 12.1 Å². The molecule has 6 heteroatoms. The minimum absolute atomic E-state index is 0.0824. The summed E-state index contributed by atoms with van der Waals surface area (Å²) >= 11 is 0. The lowest BCUT2D eigenvalue weighted by molar-refractivity contribution is -0.134. The van der Waals surface area contributed by atoms with Crippen molar-refractivity contribution in [2.24, 2.45) is 0 Å². The first-order chi connectivity index (χ1) is 9.90. The predicted octanol–water partition coefficient (Wildman–Crippen LogP) is 2.78. The van der Waals surface area contributed by atoms with Gasteiger partial charge in [-0.05, 0) is 37.0 Å². The first kappa shape index (κ1) is 15.8. The van der Waals surface area contributed by atoms with Crippen LogP contribution in [-0.2, 0) is 6.42 Å². The maximum atomic E-state index is 12.3. The van der Waals surface area contributed by atoms with E-state index >= 15 is 0 Å². The van der Waals surface area contributed by atoms with Crippen LogP contribution >= 0.6 is 0 Å². The summed E-state index contributed by atoms with van der Waals surface area (Å²) in [7, 11) is 0. The van der Waals surface area contributed by atoms with Gasteiger partial charge in [0.05, 0.1) is 6.61 Å². The Kier molecular flexibility index (Phi) is 4.88. The van der Waals surface area contributed by atoms with Gasteiger partial charge in [-0.3, -0.25) is 4.79 Å². The molecule has 0 saturated heterocycles. The van der Waals surface area contributed by atoms with E-state index in [1.807, 2.05) is 0 Å². The van der Waals surface area contributed by atoms with Crippen molar-refractivity contribution < 1.29 is 23.1 Å². The van der Waals surface area contributed by atoms with Crippen molar-refractivity contribution in [3.8, 4) is 0 Å². The molecule has 21 heavy (non-hydrogen) atoms. The summed E-state index contributed by atoms with van der Waals surface area (Å²) in [5.74, 6) is -0.172. The first-order valence-electron chi connectivity index (χ1n) is 6.98. The van der Waals surface area contributed by atoms with E-state index in [9.17, 15) is 18.0 Å². The van der Waals surface area contributed by atoms with Crippen LogP contribution < -0.4 is 0 Å². The van der Waals surface area contributed by atoms with E-state index in [1.165, 1.54) is 0 Å². The predicted molar refractivity (Wildman–Crippen MR) is 72.0 cm³/mol. The van der Waals surface area contributed by atoms with E-state index in [2.05, 4.69) is 0 Å². The van der Waals surface area contributed by atoms with Crippen molar-refractivity contribution in [1.82, 2.24) is 4.90 Å². The number of rotatable bonds is 6. The monoisotopic (exact) mass is 301 g/mol. The van der Waals surface area contributed by atoms with E-state index < -0.39 is 12.6 Å². The maximum absolute atomic E-state index is 12.3. The third-order valence-corrected chi connectivity index (χ3v) is 3.49. The summed E-state index contributed by atoms with van der Waals surface area (Å²) < 4.78 is 36.5. The summed E-state index contributed by atoms with van der Waals surface area (Å²) in [5, 5.41) is 9.00. The molecule has 2 rings (SSSR count). The number of benzene rings is 1. The van der Waals surface area contributed by atoms with Crippen molar-refractivity contribution in [3.63, 3.8) is 0 Å². The van der Waals surface area contributed by atoms with Crippen molar-refractivity contribution in [2.45, 2.75) is 37.9 Å². The highest BCUT2D eigenvalue weighted by atomic mass is 19.4. The minimum Gasteiger partial charge on any atom is -0.395 e. The van der Waals surface area contributed by atoms with Gasteiger partial charge in [-0.25, -0.2) is 0 Å². The minimum atomic E-state index is -4.17. The van der Waals surface area contributed by atoms with E-state index in [0.29, 0.717) is 17.7 Å². The van der Waals surface area contributed by atoms with Gasteiger partial charge >= 0.3 is 6.18 Å². The lowest BCUT2D eigenvalue weighted by atomic mass is 10.1. The Morgan fingerprint density at radius 1 is 1.24 bits per heavy atom. The number of alkyl halides is 3. The molecule has 1 saturated carbocycles. The average Bonchev–Trinajstić information content (AvgIpc) is 3.26. The van der Waals surface area contributed by atoms with Crippen molar-refractivity contribution in [1.29, 1.82) is 0 Å². The van der Waals surface area contributed by atoms with E-state index in [4.69, 9.17) is 5.11 Å². The Balaban J connectivity index is 1.99. The molecule has 0 aliphatic heterocycles. The fourth-order valence-corrected chi connectivity index (χ4v) is 2.21. The number of aryl methyl sites for hydroxylation is 1. The second-order valence-electron chi connectivity index (χ2n) is 5.27. The van der Waals surface area contributed by atoms with Crippen LogP contribution in [0.4, 0.5) is 13.2 Å². The van der Waals surface area contributed by atoms with Crippen LogP contribution in [0.3, 0.4) is 0 Å². The number of hydrogen-bond acceptors (Lipinski definition) is 2. The molecule has 0 bridgehead atoms. The molecule has 1 aromatic carbocycles. The van der Waals surface area contributed by atoms with Crippen molar-refractivity contribution in [3.05, 3.63) is 35.4 Å². The van der Waals surface area contributed by atoms with Crippen LogP contribution in [-0.4, -0.2) is 41.3 Å². The maximum Gasteiger partial charge on any atom is 0.389 e. The summed E-state index contributed by atoms with van der Waals surface area (Å²) in [6.07, 6.45) is -3.23. The Bertz CT molecular complexity index is 481. The summed E-state index contributed by atoms with van der Waals surface area (Å²) in [6, 6.07) is 6.42. The lowest BCUT2D eigenvalue weighted by Crippen LogP contribution is -2.35. The quantitative estimate of drug-likeness (QED) is 0.877. The number of amides is 1. The fourth-order valence-electron chi connectivity index (χ4n) is 2.21. The molecular formula is C15H18F3NO2. The number of carbonyl (C=O) groups excluding carboxylic acids is 1. The summed E-state index contributed by atoms with van der Waals surface area (Å²) in [5.41, 5.74) is 1.01. The fraction of sp³-hybridized carbons (Fsp3) is 0.533. The average molecular weight is 301 g/mol. The van der Waals surface area contributed by atoms with Crippen LogP contribution in [0.1, 0.15) is 35.2 Å². The molecule has 0 unspecified atom stereocenters. The van der Waals surface area contributed by atoms with Crippen LogP contribution in [0.15, 0.2) is 24.3 Å². The molecule has 3 nitrogen and oxygen atoms in total. The molecule has 0 spiro atoms. The van der Waals surface area contributed by atoms with Crippen LogP contribution in [0.2, 0.25) is 0 Å². The summed E-state index contributed by atoms with van der Waals surface area (Å²) in [6.45, 7) is 0.200. The van der Waals surface area contributed by atoms with Crippen LogP contribution in [0.5, 0.6) is 0 Å². The first-order valence-corrected chi connectivity index (χ1v) is 6.98. The Labute approximate surface area is 121 Å². The van der Waals surface area contributed by atoms with Gasteiger partial charge in [-0.15, -0.1) is 0 Å². The highest BCUT2D eigenvalue weighted by Crippen LogP contribution is 2.28. The zero-order valence-electron chi connectivity index (χ0n) is 11.6. The number of hydrogen-bond donors (Lipinski definition) is 1. The molecule has 1 N–H and O–H groups in total. The van der Waals surface area contributed by atoms with Crippen LogP contribution in [0.25, 0.3) is 0 Å². The third-order valence-electron chi connectivity index (χ3n) is 3.49. The molecule has 1 fully saturated rings. The second-order valence-corrected chi connectivity index (χ2v) is 5.27. The Morgan fingerprint density at radius 2 is 1.86 bits per heavy atom. The van der Waals surface area contributed by atoms with Gasteiger partial charge in [-0.2, -0.15) is 13.2 Å². The topological polar surface area (TPSA) is 40.5 Å². The van der Waals surface area contributed by atoms with Gasteiger partial charge in [0.2, 0.25) is 0 Å². The molecule has 0 radical (unpaired) electrons. The Hall–Kier alpha value is -1.56. The van der Waals surface area contributed by atoms with E-state index in [-0.39, 0.29) is 25.0 Å². The van der Waals surface area contributed by atoms with Gasteiger partial charge in [0.25, 0.3) is 5.91 Å². The standard InChI is InChI=1S/C15H18F3NO2/c16-15(17,18)8-7-11-1-3-12(4-2-11)14(21)19(9-10-20)13-5-6-13/h1-4,13,20H,5-10H2. The molecule has 1 amide bonds. The smallest absolute Gasteiger partial charge is 0.389 e. The van der Waals surface area contributed by atoms with Crippen molar-refractivity contribution >= 4 is 5.91 Å². The van der Waals surface area contributed by atoms with E-state index in [0.717, 1.165) is 12.8 Å². The number of nitrogens with zero attached hydrogens (tertiary/aromatic N) is 1. The SMILES string of the molecule is O=C(c1ccc(CCC(F)(F)F)cc1)N(CCO)C1CC1. The lowest BCUT2D eigenvalue weighted by Gasteiger charge is -2.21. The van der Waals surface area contributed by atoms with Crippen LogP contribution in [0, 0.1) is 0 Å². The highest BCUT2D eigenvalue weighted by Gasteiger charge is 2.32. The Morgan fingerprint density at radius 3 is 2.33 bits per heavy atom. The van der Waals surface area contributed by atoms with E-state index in [1.54, 1.807) is 29.2 Å². The summed E-state index contributed by atoms with van der Waals surface area (Å²) in [4.78, 5) is 13.9. The third kappa shape index (κ3) is 4.74. The van der Waals surface area contributed by atoms with Gasteiger partial charge in [0.15, 0.2) is 0 Å². The molecule has 0 aromatic heterocycles. The molecule has 0 atom stereocenters. The zero-order valence-corrected chi connectivity index (χ0v) is 11.6. The number of carbonyl (C=O) groups is 1. The number of aliphatic hydroxyl groups excluding tert-OH is 1. The second kappa shape index (κ2) is 6.47. The zero-order chi connectivity index (χ0) is 15.5. The molecule has 0 heterocycles. The number of halogens is 3.